The molecular formula is C19H27NO5S. The van der Waals surface area contributed by atoms with Crippen molar-refractivity contribution >= 4 is 21.7 Å². The molecule has 1 aromatic rings. The summed E-state index contributed by atoms with van der Waals surface area (Å²) in [4.78, 5) is 24.8. The number of nitrogens with one attached hydrogen (secondary N) is 1. The Bertz CT molecular complexity index is 787. The summed E-state index contributed by atoms with van der Waals surface area (Å²) in [5.41, 5.74) is 0.745. The monoisotopic (exact) mass is 381 g/mol. The number of esters is 1. The van der Waals surface area contributed by atoms with E-state index < -0.39 is 21.9 Å². The number of benzene rings is 1. The van der Waals surface area contributed by atoms with Gasteiger partial charge in [-0.2, -0.15) is 0 Å². The molecule has 1 aromatic carbocycles. The van der Waals surface area contributed by atoms with Gasteiger partial charge in [0.1, 0.15) is 0 Å². The number of aryl methyl sites for hydroxylation is 1. The minimum Gasteiger partial charge on any atom is -0.449 e. The van der Waals surface area contributed by atoms with Crippen LogP contribution in [-0.4, -0.2) is 38.7 Å². The molecule has 3 atom stereocenters. The minimum absolute atomic E-state index is 0.0446. The molecule has 1 amide bonds. The summed E-state index contributed by atoms with van der Waals surface area (Å²) in [6.07, 6.45) is 4.40. The van der Waals surface area contributed by atoms with Gasteiger partial charge in [-0.3, -0.25) is 4.79 Å². The Morgan fingerprint density at radius 1 is 1.23 bits per heavy atom. The lowest BCUT2D eigenvalue weighted by atomic mass is 9.86. The van der Waals surface area contributed by atoms with E-state index in [1.165, 1.54) is 25.5 Å². The van der Waals surface area contributed by atoms with E-state index in [1.807, 2.05) is 0 Å². The summed E-state index contributed by atoms with van der Waals surface area (Å²) in [5.74, 6) is -0.620. The average Bonchev–Trinajstić information content (AvgIpc) is 2.56. The fraction of sp³-hybridized carbons (Fsp3) is 0.579. The van der Waals surface area contributed by atoms with Crippen LogP contribution in [0.5, 0.6) is 0 Å². The van der Waals surface area contributed by atoms with Gasteiger partial charge in [0.2, 0.25) is 0 Å². The smallest absolute Gasteiger partial charge is 0.339 e. The Morgan fingerprint density at radius 2 is 1.88 bits per heavy atom. The molecule has 0 aliphatic heterocycles. The molecule has 26 heavy (non-hydrogen) atoms. The molecule has 0 spiro atoms. The number of ether oxygens (including phenoxy) is 1. The standard InChI is InChI=1S/C19H27NO5S/c1-12-9-10-15(26(4,23)24)11-16(12)19(22)25-14(3)18(21)20-17-8-6-5-7-13(17)2/h9-11,13-14,17H,5-8H2,1-4H3,(H,20,21)/t13-,14-,17-/m0/s1. The molecule has 2 rings (SSSR count). The van der Waals surface area contributed by atoms with Crippen molar-refractivity contribution in [1.82, 2.24) is 5.32 Å². The number of carbonyl (C=O) groups is 2. The maximum Gasteiger partial charge on any atom is 0.339 e. The lowest BCUT2D eigenvalue weighted by Crippen LogP contribution is -2.46. The topological polar surface area (TPSA) is 89.5 Å². The quantitative estimate of drug-likeness (QED) is 0.792. The van der Waals surface area contributed by atoms with Gasteiger partial charge < -0.3 is 10.1 Å². The van der Waals surface area contributed by atoms with E-state index in [-0.39, 0.29) is 22.4 Å². The Balaban J connectivity index is 2.05. The zero-order valence-corrected chi connectivity index (χ0v) is 16.6. The van der Waals surface area contributed by atoms with Gasteiger partial charge >= 0.3 is 5.97 Å². The van der Waals surface area contributed by atoms with Crippen LogP contribution in [0.4, 0.5) is 0 Å². The fourth-order valence-corrected chi connectivity index (χ4v) is 3.81. The van der Waals surface area contributed by atoms with Gasteiger partial charge in [-0.05, 0) is 50.3 Å². The molecule has 6 nitrogen and oxygen atoms in total. The maximum atomic E-state index is 12.4. The zero-order chi connectivity index (χ0) is 19.5. The number of hydrogen-bond donors (Lipinski definition) is 1. The maximum absolute atomic E-state index is 12.4. The van der Waals surface area contributed by atoms with Crippen LogP contribution in [0.3, 0.4) is 0 Å². The van der Waals surface area contributed by atoms with Crippen molar-refractivity contribution in [3.63, 3.8) is 0 Å². The number of carbonyl (C=O) groups excluding carboxylic acids is 2. The van der Waals surface area contributed by atoms with E-state index in [0.717, 1.165) is 25.5 Å². The van der Waals surface area contributed by atoms with E-state index in [9.17, 15) is 18.0 Å². The zero-order valence-electron chi connectivity index (χ0n) is 15.7. The first kappa shape index (κ1) is 20.4. The van der Waals surface area contributed by atoms with Crippen LogP contribution in [-0.2, 0) is 19.4 Å². The lowest BCUT2D eigenvalue weighted by molar-refractivity contribution is -0.130. The number of rotatable bonds is 5. The molecule has 0 radical (unpaired) electrons. The van der Waals surface area contributed by atoms with Crippen LogP contribution in [0.15, 0.2) is 23.1 Å². The normalized spacial score (nSPS) is 21.7. The third-order valence-corrected chi connectivity index (χ3v) is 6.06. The van der Waals surface area contributed by atoms with Crippen LogP contribution < -0.4 is 5.32 Å². The number of sulfone groups is 1. The average molecular weight is 381 g/mol. The first-order chi connectivity index (χ1) is 12.1. The third kappa shape index (κ3) is 5.06. The largest absolute Gasteiger partial charge is 0.449 e. The highest BCUT2D eigenvalue weighted by atomic mass is 32.2. The van der Waals surface area contributed by atoms with Crippen molar-refractivity contribution in [2.75, 3.05) is 6.26 Å². The third-order valence-electron chi connectivity index (χ3n) is 4.95. The van der Waals surface area contributed by atoms with Crippen LogP contribution in [0.2, 0.25) is 0 Å². The number of amides is 1. The van der Waals surface area contributed by atoms with Gasteiger partial charge in [-0.1, -0.05) is 25.8 Å². The molecule has 144 valence electrons. The summed E-state index contributed by atoms with van der Waals surface area (Å²) in [6, 6.07) is 4.40. The second-order valence-electron chi connectivity index (χ2n) is 7.17. The first-order valence-electron chi connectivity index (χ1n) is 8.91. The Hall–Kier alpha value is -1.89. The summed E-state index contributed by atoms with van der Waals surface area (Å²) in [7, 11) is -3.43. The molecule has 1 N–H and O–H groups in total. The molecule has 1 aliphatic rings. The van der Waals surface area contributed by atoms with E-state index in [0.29, 0.717) is 11.5 Å². The van der Waals surface area contributed by atoms with Gasteiger partial charge in [-0.15, -0.1) is 0 Å². The summed E-state index contributed by atoms with van der Waals surface area (Å²) < 4.78 is 28.6. The summed E-state index contributed by atoms with van der Waals surface area (Å²) >= 11 is 0. The Morgan fingerprint density at radius 3 is 2.50 bits per heavy atom. The molecular weight excluding hydrogens is 354 g/mol. The first-order valence-corrected chi connectivity index (χ1v) is 10.8. The van der Waals surface area contributed by atoms with Crippen molar-refractivity contribution in [2.45, 2.75) is 63.5 Å². The van der Waals surface area contributed by atoms with Gasteiger partial charge in [0, 0.05) is 12.3 Å². The van der Waals surface area contributed by atoms with Gasteiger partial charge in [0.15, 0.2) is 15.9 Å². The van der Waals surface area contributed by atoms with Crippen molar-refractivity contribution < 1.29 is 22.7 Å². The Kier molecular flexibility index (Phi) is 6.44. The predicted molar refractivity (Wildman–Crippen MR) is 98.7 cm³/mol. The molecule has 1 saturated carbocycles. The van der Waals surface area contributed by atoms with Crippen molar-refractivity contribution in [1.29, 1.82) is 0 Å². The molecule has 0 bridgehead atoms. The van der Waals surface area contributed by atoms with Gasteiger partial charge in [-0.25, -0.2) is 13.2 Å². The van der Waals surface area contributed by atoms with Crippen LogP contribution in [0, 0.1) is 12.8 Å². The molecule has 0 heterocycles. The van der Waals surface area contributed by atoms with E-state index in [2.05, 4.69) is 12.2 Å². The second kappa shape index (κ2) is 8.20. The molecule has 0 unspecified atom stereocenters. The van der Waals surface area contributed by atoms with Crippen molar-refractivity contribution in [3.05, 3.63) is 29.3 Å². The predicted octanol–water partition coefficient (Wildman–Crippen LogP) is 2.64. The summed E-state index contributed by atoms with van der Waals surface area (Å²) in [5, 5.41) is 2.96. The van der Waals surface area contributed by atoms with E-state index in [4.69, 9.17) is 4.74 Å². The van der Waals surface area contributed by atoms with Crippen molar-refractivity contribution in [3.8, 4) is 0 Å². The van der Waals surface area contributed by atoms with E-state index >= 15 is 0 Å². The summed E-state index contributed by atoms with van der Waals surface area (Å²) in [6.45, 7) is 5.33. The SMILES string of the molecule is Cc1ccc(S(C)(=O)=O)cc1C(=O)O[C@@H](C)C(=O)N[C@H]1CCCC[C@@H]1C. The molecule has 0 aromatic heterocycles. The highest BCUT2D eigenvalue weighted by molar-refractivity contribution is 7.90. The molecule has 7 heteroatoms. The molecule has 1 fully saturated rings. The van der Waals surface area contributed by atoms with Gasteiger partial charge in [0.25, 0.3) is 5.91 Å². The second-order valence-corrected chi connectivity index (χ2v) is 9.19. The molecule has 1 aliphatic carbocycles. The lowest BCUT2D eigenvalue weighted by Gasteiger charge is -2.30. The van der Waals surface area contributed by atoms with Crippen LogP contribution in [0.25, 0.3) is 0 Å². The Labute approximate surface area is 155 Å². The minimum atomic E-state index is -3.43. The highest BCUT2D eigenvalue weighted by Gasteiger charge is 2.27. The highest BCUT2D eigenvalue weighted by Crippen LogP contribution is 2.24. The van der Waals surface area contributed by atoms with Crippen LogP contribution >= 0.6 is 0 Å². The van der Waals surface area contributed by atoms with Crippen molar-refractivity contribution in [2.24, 2.45) is 5.92 Å². The van der Waals surface area contributed by atoms with Gasteiger partial charge in [0.05, 0.1) is 10.5 Å². The van der Waals surface area contributed by atoms with E-state index in [1.54, 1.807) is 13.0 Å². The fourth-order valence-electron chi connectivity index (χ4n) is 3.16. The molecule has 0 saturated heterocycles. The number of hydrogen-bond acceptors (Lipinski definition) is 5. The van der Waals surface area contributed by atoms with Crippen LogP contribution in [0.1, 0.15) is 55.5 Å².